The molecule has 1 amide bonds. The molecule has 1 aromatic heterocycles. The fourth-order valence-electron chi connectivity index (χ4n) is 3.71. The molecule has 1 aliphatic rings. The summed E-state index contributed by atoms with van der Waals surface area (Å²) < 4.78 is 1.86. The largest absolute Gasteiger partial charge is 0.327 e. The zero-order valence-corrected chi connectivity index (χ0v) is 20.0. The highest BCUT2D eigenvalue weighted by atomic mass is 35.5. The molecule has 0 bridgehead atoms. The number of halogens is 1. The molecule has 0 unspecified atom stereocenters. The van der Waals surface area contributed by atoms with Crippen molar-refractivity contribution in [3.8, 4) is 11.8 Å². The summed E-state index contributed by atoms with van der Waals surface area (Å²) in [6.07, 6.45) is 3.43. The van der Waals surface area contributed by atoms with Gasteiger partial charge in [0.1, 0.15) is 5.69 Å². The van der Waals surface area contributed by atoms with E-state index in [9.17, 15) is 4.79 Å². The Morgan fingerprint density at radius 2 is 1.88 bits per heavy atom. The van der Waals surface area contributed by atoms with Gasteiger partial charge in [-0.15, -0.1) is 0 Å². The van der Waals surface area contributed by atoms with E-state index in [1.165, 1.54) is 0 Å². The molecule has 0 spiro atoms. The Kier molecular flexibility index (Phi) is 7.14. The summed E-state index contributed by atoms with van der Waals surface area (Å²) in [6.45, 7) is 6.99. The molecular weight excluding hydrogens is 434 g/mol. The first-order valence-corrected chi connectivity index (χ1v) is 11.4. The fraction of sp³-hybridized carbons (Fsp3) is 0.308. The van der Waals surface area contributed by atoms with Crippen LogP contribution < -0.4 is 5.32 Å². The monoisotopic (exact) mass is 461 g/mol. The number of imidazole rings is 1. The second-order valence-corrected chi connectivity index (χ2v) is 8.92. The van der Waals surface area contributed by atoms with Crippen molar-refractivity contribution >= 4 is 23.2 Å². The lowest BCUT2D eigenvalue weighted by Gasteiger charge is -2.32. The van der Waals surface area contributed by atoms with Crippen molar-refractivity contribution in [2.24, 2.45) is 7.05 Å². The van der Waals surface area contributed by atoms with Crippen LogP contribution in [-0.2, 0) is 13.6 Å². The summed E-state index contributed by atoms with van der Waals surface area (Å²) in [5.41, 5.74) is 4.93. The molecule has 7 heteroatoms. The first-order valence-electron chi connectivity index (χ1n) is 11.0. The molecule has 1 N–H and O–H groups in total. The quantitative estimate of drug-likeness (QED) is 0.601. The molecule has 3 aromatic rings. The van der Waals surface area contributed by atoms with Crippen LogP contribution in [0.15, 0.2) is 48.9 Å². The second kappa shape index (κ2) is 10.2. The minimum absolute atomic E-state index is 0.193. The molecule has 1 saturated heterocycles. The van der Waals surface area contributed by atoms with Crippen molar-refractivity contribution in [3.63, 3.8) is 0 Å². The number of piperazine rings is 1. The van der Waals surface area contributed by atoms with Gasteiger partial charge in [-0.25, -0.2) is 4.98 Å². The molecule has 0 saturated carbocycles. The van der Waals surface area contributed by atoms with Gasteiger partial charge in [0.05, 0.1) is 12.5 Å². The van der Waals surface area contributed by atoms with E-state index >= 15 is 0 Å². The Morgan fingerprint density at radius 3 is 2.58 bits per heavy atom. The van der Waals surface area contributed by atoms with E-state index in [1.54, 1.807) is 12.5 Å². The number of aromatic nitrogens is 2. The first-order chi connectivity index (χ1) is 15.9. The summed E-state index contributed by atoms with van der Waals surface area (Å²) in [4.78, 5) is 21.7. The molecule has 0 radical (unpaired) electrons. The van der Waals surface area contributed by atoms with Crippen molar-refractivity contribution in [2.75, 3.05) is 38.5 Å². The fourth-order valence-corrected chi connectivity index (χ4v) is 3.95. The van der Waals surface area contributed by atoms with Crippen LogP contribution in [0.4, 0.5) is 5.69 Å². The molecule has 2 aromatic carbocycles. The van der Waals surface area contributed by atoms with E-state index in [1.807, 2.05) is 54.9 Å². The Bertz CT molecular complexity index is 1210. The average Bonchev–Trinajstić information content (AvgIpc) is 3.21. The van der Waals surface area contributed by atoms with Crippen LogP contribution >= 0.6 is 11.6 Å². The van der Waals surface area contributed by atoms with Gasteiger partial charge in [0.15, 0.2) is 0 Å². The number of rotatable bonds is 4. The highest BCUT2D eigenvalue weighted by Gasteiger charge is 2.16. The number of carbonyl (C=O) groups excluding carboxylic acids is 1. The molecule has 0 atom stereocenters. The number of nitrogens with zero attached hydrogens (tertiary/aromatic N) is 4. The zero-order chi connectivity index (χ0) is 23.4. The number of nitrogens with one attached hydrogen (secondary N) is 1. The maximum atomic E-state index is 12.9. The summed E-state index contributed by atoms with van der Waals surface area (Å²) in [7, 11) is 4.04. The normalized spacial score (nSPS) is 14.5. The number of hydrogen-bond donors (Lipinski definition) is 1. The van der Waals surface area contributed by atoms with Crippen LogP contribution in [0, 0.1) is 18.8 Å². The Hall–Kier alpha value is -3.11. The number of amides is 1. The van der Waals surface area contributed by atoms with E-state index in [2.05, 4.69) is 39.0 Å². The third kappa shape index (κ3) is 5.82. The van der Waals surface area contributed by atoms with Gasteiger partial charge in [-0.2, -0.15) is 0 Å². The maximum absolute atomic E-state index is 12.9. The zero-order valence-electron chi connectivity index (χ0n) is 19.2. The van der Waals surface area contributed by atoms with E-state index in [0.29, 0.717) is 16.3 Å². The smallest absolute Gasteiger partial charge is 0.255 e. The number of carbonyl (C=O) groups is 1. The van der Waals surface area contributed by atoms with Crippen molar-refractivity contribution in [3.05, 3.63) is 81.9 Å². The van der Waals surface area contributed by atoms with Crippen molar-refractivity contribution in [1.29, 1.82) is 0 Å². The molecular formula is C26H28ClN5O. The molecule has 1 aliphatic heterocycles. The number of aryl methyl sites for hydroxylation is 2. The highest BCUT2D eigenvalue weighted by Crippen LogP contribution is 2.23. The number of likely N-dealkylation sites (N-methyl/N-ethyl adjacent to an activating group) is 1. The Morgan fingerprint density at radius 1 is 1.09 bits per heavy atom. The molecule has 1 fully saturated rings. The molecule has 170 valence electrons. The van der Waals surface area contributed by atoms with Gasteiger partial charge in [0.2, 0.25) is 0 Å². The van der Waals surface area contributed by atoms with E-state index in [0.717, 1.165) is 55.1 Å². The van der Waals surface area contributed by atoms with E-state index in [-0.39, 0.29) is 5.91 Å². The van der Waals surface area contributed by atoms with Crippen LogP contribution in [0.1, 0.15) is 32.7 Å². The van der Waals surface area contributed by atoms with Gasteiger partial charge >= 0.3 is 0 Å². The summed E-state index contributed by atoms with van der Waals surface area (Å²) in [6, 6.07) is 11.3. The molecule has 2 heterocycles. The second-order valence-electron chi connectivity index (χ2n) is 8.51. The van der Waals surface area contributed by atoms with Gasteiger partial charge in [0.25, 0.3) is 5.91 Å². The maximum Gasteiger partial charge on any atom is 0.255 e. The predicted molar refractivity (Wildman–Crippen MR) is 133 cm³/mol. The number of benzene rings is 2. The van der Waals surface area contributed by atoms with Crippen LogP contribution in [0.25, 0.3) is 0 Å². The van der Waals surface area contributed by atoms with Crippen LogP contribution in [0.5, 0.6) is 0 Å². The lowest BCUT2D eigenvalue weighted by molar-refractivity contribution is 0.102. The third-order valence-corrected chi connectivity index (χ3v) is 6.29. The highest BCUT2D eigenvalue weighted by molar-refractivity contribution is 6.31. The van der Waals surface area contributed by atoms with Gasteiger partial charge in [-0.1, -0.05) is 29.7 Å². The molecule has 6 nitrogen and oxygen atoms in total. The van der Waals surface area contributed by atoms with Crippen molar-refractivity contribution < 1.29 is 4.79 Å². The van der Waals surface area contributed by atoms with E-state index < -0.39 is 0 Å². The summed E-state index contributed by atoms with van der Waals surface area (Å²) >= 11 is 6.54. The van der Waals surface area contributed by atoms with Gasteiger partial charge in [0, 0.05) is 61.6 Å². The average molecular weight is 462 g/mol. The lowest BCUT2D eigenvalue weighted by atomic mass is 10.0. The molecule has 4 rings (SSSR count). The standard InChI is InChI=1S/C26H28ClN5O/c1-19-4-5-21(14-20(19)7-9-24-16-28-18-31(24)3)26(33)29-23-8-6-22(25(27)15-23)17-32-12-10-30(2)11-13-32/h4-6,8,14-16,18H,10-13,17H2,1-3H3,(H,29,33). The molecule has 33 heavy (non-hydrogen) atoms. The minimum Gasteiger partial charge on any atom is -0.327 e. The van der Waals surface area contributed by atoms with E-state index in [4.69, 9.17) is 11.6 Å². The SMILES string of the molecule is Cc1ccc(C(=O)Nc2ccc(CN3CCN(C)CC3)c(Cl)c2)cc1C#Cc1cncn1C. The van der Waals surface area contributed by atoms with Gasteiger partial charge < -0.3 is 14.8 Å². The first kappa shape index (κ1) is 23.1. The topological polar surface area (TPSA) is 53.4 Å². The van der Waals surface area contributed by atoms with Gasteiger partial charge in [-0.3, -0.25) is 9.69 Å². The van der Waals surface area contributed by atoms with Gasteiger partial charge in [-0.05, 0) is 55.3 Å². The summed E-state index contributed by atoms with van der Waals surface area (Å²) in [5.74, 6) is 6.07. The predicted octanol–water partition coefficient (Wildman–Crippen LogP) is 3.78. The third-order valence-electron chi connectivity index (χ3n) is 5.94. The summed E-state index contributed by atoms with van der Waals surface area (Å²) in [5, 5.41) is 3.62. The minimum atomic E-state index is -0.193. The van der Waals surface area contributed by atoms with Crippen LogP contribution in [0.3, 0.4) is 0 Å². The van der Waals surface area contributed by atoms with Crippen LogP contribution in [-0.4, -0.2) is 58.5 Å². The Labute approximate surface area is 200 Å². The Balaban J connectivity index is 1.44. The van der Waals surface area contributed by atoms with Crippen molar-refractivity contribution in [2.45, 2.75) is 13.5 Å². The number of hydrogen-bond acceptors (Lipinski definition) is 4. The lowest BCUT2D eigenvalue weighted by Crippen LogP contribution is -2.43. The number of anilines is 1. The molecule has 0 aliphatic carbocycles. The van der Waals surface area contributed by atoms with Crippen molar-refractivity contribution in [1.82, 2.24) is 19.4 Å². The van der Waals surface area contributed by atoms with Crippen LogP contribution in [0.2, 0.25) is 5.02 Å².